The first-order chi connectivity index (χ1) is 31.0. The molecule has 0 fully saturated rings. The van der Waals surface area contributed by atoms with Crippen LogP contribution in [0.3, 0.4) is 0 Å². The summed E-state index contributed by atoms with van der Waals surface area (Å²) in [6, 6.07) is 18.6. The molecule has 376 valence electrons. The third-order valence-corrected chi connectivity index (χ3v) is 27.9. The standard InChI is InChI=1S/C62H96O4Si2/c1-37(2)67(38(3)4,39(5)6)65-57-47-25-43-29-51(59(13,14)15)31-45(55(43)63)27-49-35-54(62(22,23)24)36-50(58(49)66-68(40(7)8,41(9)10)42(11)12)28-46-32-52(60(16,17)18)30-44(56(46)64)26-48(57)34-53(33-47)61(19,20)21/h29-42,63-64H,25-28H2,1-24H3. The van der Waals surface area contributed by atoms with E-state index < -0.39 is 16.6 Å². The van der Waals surface area contributed by atoms with Crippen molar-refractivity contribution in [1.29, 1.82) is 0 Å². The number of phenols is 2. The SMILES string of the molecule is CC(C)[Si](Oc1c2cc(C(C)(C)C)cc1Cc1cc(C(C)(C)C)cc(c1O)Cc1cc(C(C)(C)C)cc(c1O[Si](C(C)C)(C(C)C)C(C)C)Cc1cc(C(C)(C)C)cc(c1O)C2)(C(C)C)C(C)C. The highest BCUT2D eigenvalue weighted by Gasteiger charge is 2.49. The van der Waals surface area contributed by atoms with E-state index >= 15 is 0 Å². The van der Waals surface area contributed by atoms with E-state index in [1.165, 1.54) is 22.3 Å². The highest BCUT2D eigenvalue weighted by Crippen LogP contribution is 2.50. The molecule has 1 aliphatic rings. The van der Waals surface area contributed by atoms with Gasteiger partial charge < -0.3 is 19.1 Å². The number of hydrogen-bond acceptors (Lipinski definition) is 4. The van der Waals surface area contributed by atoms with Crippen molar-refractivity contribution >= 4 is 16.6 Å². The zero-order valence-electron chi connectivity index (χ0n) is 47.6. The maximum atomic E-state index is 13.0. The third-order valence-electron chi connectivity index (χ3n) is 16.0. The Morgan fingerprint density at radius 1 is 0.324 bits per heavy atom. The maximum absolute atomic E-state index is 13.0. The van der Waals surface area contributed by atoms with E-state index in [0.717, 1.165) is 56.0 Å². The molecular formula is C62H96O4Si2. The molecule has 6 heteroatoms. The normalized spacial score (nSPS) is 14.6. The van der Waals surface area contributed by atoms with Crippen LogP contribution >= 0.6 is 0 Å². The second-order valence-electron chi connectivity index (χ2n) is 27.1. The summed E-state index contributed by atoms with van der Waals surface area (Å²) in [5.74, 6) is 2.57. The van der Waals surface area contributed by atoms with Crippen LogP contribution in [0.25, 0.3) is 0 Å². The van der Waals surface area contributed by atoms with Gasteiger partial charge in [-0.25, -0.2) is 0 Å². The monoisotopic (exact) mass is 961 g/mol. The van der Waals surface area contributed by atoms with Gasteiger partial charge in [0.25, 0.3) is 16.6 Å². The first-order valence-corrected chi connectivity index (χ1v) is 30.7. The minimum atomic E-state index is -2.52. The van der Waals surface area contributed by atoms with Gasteiger partial charge in [-0.3, -0.25) is 0 Å². The number of phenolic OH excluding ortho intramolecular Hbond substituents is 2. The number of benzene rings is 4. The minimum absolute atomic E-state index is 0.170. The molecule has 4 aromatic carbocycles. The van der Waals surface area contributed by atoms with E-state index in [1.54, 1.807) is 0 Å². The van der Waals surface area contributed by atoms with Crippen LogP contribution in [0.4, 0.5) is 0 Å². The van der Waals surface area contributed by atoms with Gasteiger partial charge in [0.1, 0.15) is 23.0 Å². The van der Waals surface area contributed by atoms with Crippen LogP contribution in [0.5, 0.6) is 23.0 Å². The molecule has 0 aliphatic heterocycles. The van der Waals surface area contributed by atoms with Crippen molar-refractivity contribution in [2.24, 2.45) is 0 Å². The van der Waals surface area contributed by atoms with Gasteiger partial charge in [0.15, 0.2) is 0 Å². The molecule has 0 aromatic heterocycles. The van der Waals surface area contributed by atoms with Crippen LogP contribution in [-0.2, 0) is 47.3 Å². The van der Waals surface area contributed by atoms with Crippen LogP contribution in [0.1, 0.15) is 233 Å². The van der Waals surface area contributed by atoms with Crippen LogP contribution in [0, 0.1) is 0 Å². The van der Waals surface area contributed by atoms with E-state index in [2.05, 4.69) is 215 Å². The number of aromatic hydroxyl groups is 2. The molecule has 0 spiro atoms. The Labute approximate surface area is 418 Å². The lowest BCUT2D eigenvalue weighted by Crippen LogP contribution is -2.51. The predicted octanol–water partition coefficient (Wildman–Crippen LogP) is 18.1. The molecule has 4 aromatic rings. The molecule has 68 heavy (non-hydrogen) atoms. The van der Waals surface area contributed by atoms with Gasteiger partial charge in [0.2, 0.25) is 0 Å². The number of rotatable bonds is 10. The smallest absolute Gasteiger partial charge is 0.258 e. The van der Waals surface area contributed by atoms with Crippen molar-refractivity contribution in [3.8, 4) is 23.0 Å². The first-order valence-electron chi connectivity index (χ1n) is 26.4. The van der Waals surface area contributed by atoms with Crippen LogP contribution in [0.15, 0.2) is 48.5 Å². The van der Waals surface area contributed by atoms with E-state index in [1.807, 2.05) is 0 Å². The molecule has 5 rings (SSSR count). The summed E-state index contributed by atoms with van der Waals surface area (Å²) >= 11 is 0. The van der Waals surface area contributed by atoms with Crippen molar-refractivity contribution in [2.45, 2.75) is 247 Å². The van der Waals surface area contributed by atoms with Crippen molar-refractivity contribution in [2.75, 3.05) is 0 Å². The highest BCUT2D eigenvalue weighted by molar-refractivity contribution is 6.78. The number of hydrogen-bond donors (Lipinski definition) is 2. The van der Waals surface area contributed by atoms with Gasteiger partial charge in [-0.2, -0.15) is 0 Å². The van der Waals surface area contributed by atoms with Gasteiger partial charge >= 0.3 is 0 Å². The van der Waals surface area contributed by atoms with E-state index in [4.69, 9.17) is 8.85 Å². The fraction of sp³-hybridized carbons (Fsp3) is 0.613. The van der Waals surface area contributed by atoms with Crippen molar-refractivity contribution in [3.63, 3.8) is 0 Å². The van der Waals surface area contributed by atoms with E-state index in [0.29, 0.717) is 70.4 Å². The van der Waals surface area contributed by atoms with Crippen molar-refractivity contribution < 1.29 is 19.1 Å². The average Bonchev–Trinajstić information content (AvgIpc) is 3.17. The van der Waals surface area contributed by atoms with Crippen LogP contribution in [-0.4, -0.2) is 26.8 Å². The summed E-state index contributed by atoms with van der Waals surface area (Å²) < 4.78 is 15.9. The Hall–Kier alpha value is -3.49. The molecule has 8 bridgehead atoms. The average molecular weight is 962 g/mol. The zero-order valence-corrected chi connectivity index (χ0v) is 49.6. The van der Waals surface area contributed by atoms with Crippen LogP contribution in [0.2, 0.25) is 33.2 Å². The minimum Gasteiger partial charge on any atom is -0.542 e. The summed E-state index contributed by atoms with van der Waals surface area (Å²) in [5.41, 5.74) is 14.3. The summed E-state index contributed by atoms with van der Waals surface area (Å²) in [5, 5.41) is 26.0. The maximum Gasteiger partial charge on any atom is 0.258 e. The van der Waals surface area contributed by atoms with Gasteiger partial charge in [0.05, 0.1) is 0 Å². The number of fused-ring (bicyclic) bond motifs is 8. The molecule has 0 saturated carbocycles. The van der Waals surface area contributed by atoms with Crippen molar-refractivity contribution in [1.82, 2.24) is 0 Å². The molecular weight excluding hydrogens is 865 g/mol. The second-order valence-corrected chi connectivity index (χ2v) is 37.8. The Balaban J connectivity index is 2.07. The van der Waals surface area contributed by atoms with Gasteiger partial charge in [0, 0.05) is 25.7 Å². The second kappa shape index (κ2) is 19.6. The van der Waals surface area contributed by atoms with Crippen molar-refractivity contribution in [3.05, 3.63) is 115 Å². The summed E-state index contributed by atoms with van der Waals surface area (Å²) in [6.45, 7) is 55.7. The van der Waals surface area contributed by atoms with E-state index in [-0.39, 0.29) is 21.7 Å². The Bertz CT molecular complexity index is 2130. The molecule has 4 nitrogen and oxygen atoms in total. The van der Waals surface area contributed by atoms with Gasteiger partial charge in [-0.05, 0) is 122 Å². The summed E-state index contributed by atoms with van der Waals surface area (Å²) in [7, 11) is -5.03. The largest absolute Gasteiger partial charge is 0.542 e. The van der Waals surface area contributed by atoms with Gasteiger partial charge in [-0.15, -0.1) is 0 Å². The lowest BCUT2D eigenvalue weighted by atomic mass is 9.79. The molecule has 1 aliphatic carbocycles. The van der Waals surface area contributed by atoms with Crippen LogP contribution < -0.4 is 8.85 Å². The summed E-state index contributed by atoms with van der Waals surface area (Å²) in [4.78, 5) is 0. The molecule has 0 unspecified atom stereocenters. The summed E-state index contributed by atoms with van der Waals surface area (Å²) in [6.07, 6.45) is 2.03. The quantitative estimate of drug-likeness (QED) is 0.137. The molecule has 0 heterocycles. The molecule has 0 saturated heterocycles. The lowest BCUT2D eigenvalue weighted by Gasteiger charge is -2.43. The predicted molar refractivity (Wildman–Crippen MR) is 298 cm³/mol. The fourth-order valence-electron chi connectivity index (χ4n) is 12.0. The van der Waals surface area contributed by atoms with E-state index in [9.17, 15) is 10.2 Å². The third kappa shape index (κ3) is 11.0. The first kappa shape index (κ1) is 55.4. The highest BCUT2D eigenvalue weighted by atomic mass is 28.4. The topological polar surface area (TPSA) is 58.9 Å². The van der Waals surface area contributed by atoms with Gasteiger partial charge in [-0.1, -0.05) is 215 Å². The Morgan fingerprint density at radius 3 is 0.632 bits per heavy atom. The molecule has 0 atom stereocenters. The molecule has 0 amide bonds. The molecule has 2 N–H and O–H groups in total. The molecule has 0 radical (unpaired) electrons. The Kier molecular flexibility index (Phi) is 16.0. The fourth-order valence-corrected chi connectivity index (χ4v) is 22.6. The zero-order chi connectivity index (χ0) is 51.6. The lowest BCUT2D eigenvalue weighted by molar-refractivity contribution is 0.453. The Morgan fingerprint density at radius 2 is 0.485 bits per heavy atom.